The van der Waals surface area contributed by atoms with Gasteiger partial charge in [0, 0.05) is 19.3 Å². The van der Waals surface area contributed by atoms with Gasteiger partial charge in [-0.05, 0) is 38.2 Å². The van der Waals surface area contributed by atoms with Crippen LogP contribution in [0.2, 0.25) is 0 Å². The molecule has 1 aromatic heterocycles. The monoisotopic (exact) mass is 254 g/mol. The number of hydrogen-bond acceptors (Lipinski definition) is 3. The molecule has 2 heterocycles. The number of rotatable bonds is 5. The summed E-state index contributed by atoms with van der Waals surface area (Å²) in [5, 5.41) is 4.23. The SMILES string of the molecule is CC.Cc1cnn(CCCOC2CCCCO2)c1. The van der Waals surface area contributed by atoms with Gasteiger partial charge in [-0.3, -0.25) is 4.68 Å². The van der Waals surface area contributed by atoms with E-state index in [1.807, 2.05) is 24.7 Å². The molecule has 0 saturated carbocycles. The van der Waals surface area contributed by atoms with Gasteiger partial charge in [0.1, 0.15) is 0 Å². The summed E-state index contributed by atoms with van der Waals surface area (Å²) in [4.78, 5) is 0. The first-order valence-corrected chi connectivity index (χ1v) is 7.07. The van der Waals surface area contributed by atoms with Crippen molar-refractivity contribution in [2.75, 3.05) is 13.2 Å². The van der Waals surface area contributed by atoms with Crippen LogP contribution in [0.5, 0.6) is 0 Å². The van der Waals surface area contributed by atoms with E-state index in [0.29, 0.717) is 0 Å². The summed E-state index contributed by atoms with van der Waals surface area (Å²) in [5.74, 6) is 0. The third kappa shape index (κ3) is 5.65. The molecule has 1 aromatic rings. The number of ether oxygens (including phenoxy) is 2. The zero-order valence-corrected chi connectivity index (χ0v) is 11.9. The standard InChI is InChI=1S/C12H20N2O2.C2H6/c1-11-9-13-14(10-11)6-4-8-16-12-5-2-3-7-15-12;1-2/h9-10,12H,2-8H2,1H3;1-2H3. The Hall–Kier alpha value is -0.870. The quantitative estimate of drug-likeness (QED) is 0.757. The smallest absolute Gasteiger partial charge is 0.157 e. The molecule has 1 saturated heterocycles. The molecule has 0 aromatic carbocycles. The average molecular weight is 254 g/mol. The molecule has 0 amide bonds. The van der Waals surface area contributed by atoms with E-state index in [0.717, 1.165) is 32.6 Å². The highest BCUT2D eigenvalue weighted by molar-refractivity contribution is 4.99. The number of aromatic nitrogens is 2. The average Bonchev–Trinajstić information content (AvgIpc) is 2.84. The Morgan fingerprint density at radius 1 is 1.44 bits per heavy atom. The van der Waals surface area contributed by atoms with E-state index in [-0.39, 0.29) is 6.29 Å². The second-order valence-electron chi connectivity index (χ2n) is 4.30. The van der Waals surface area contributed by atoms with E-state index in [1.165, 1.54) is 18.4 Å². The third-order valence-electron chi connectivity index (χ3n) is 2.74. The Bertz CT molecular complexity index is 306. The first-order valence-electron chi connectivity index (χ1n) is 7.07. The lowest BCUT2D eigenvalue weighted by atomic mass is 10.2. The van der Waals surface area contributed by atoms with Crippen LogP contribution < -0.4 is 0 Å². The van der Waals surface area contributed by atoms with Gasteiger partial charge in [-0.2, -0.15) is 5.10 Å². The lowest BCUT2D eigenvalue weighted by molar-refractivity contribution is -0.163. The van der Waals surface area contributed by atoms with Crippen molar-refractivity contribution in [2.24, 2.45) is 0 Å². The molecule has 4 heteroatoms. The van der Waals surface area contributed by atoms with E-state index in [4.69, 9.17) is 9.47 Å². The molecule has 0 spiro atoms. The normalized spacial score (nSPS) is 19.2. The molecule has 1 aliphatic heterocycles. The highest BCUT2D eigenvalue weighted by Gasteiger charge is 2.13. The van der Waals surface area contributed by atoms with Crippen LogP contribution in [0.4, 0.5) is 0 Å². The second kappa shape index (κ2) is 9.11. The lowest BCUT2D eigenvalue weighted by Crippen LogP contribution is -2.23. The van der Waals surface area contributed by atoms with Crippen LogP contribution >= 0.6 is 0 Å². The maximum absolute atomic E-state index is 5.65. The molecular weight excluding hydrogens is 228 g/mol. The van der Waals surface area contributed by atoms with Crippen molar-refractivity contribution >= 4 is 0 Å². The molecular formula is C14H26N2O2. The van der Waals surface area contributed by atoms with Gasteiger partial charge in [0.05, 0.1) is 12.8 Å². The second-order valence-corrected chi connectivity index (χ2v) is 4.30. The summed E-state index contributed by atoms with van der Waals surface area (Å²) >= 11 is 0. The Morgan fingerprint density at radius 3 is 2.89 bits per heavy atom. The highest BCUT2D eigenvalue weighted by atomic mass is 16.7. The van der Waals surface area contributed by atoms with E-state index >= 15 is 0 Å². The molecule has 0 bridgehead atoms. The van der Waals surface area contributed by atoms with Gasteiger partial charge in [-0.25, -0.2) is 0 Å². The molecule has 0 aliphatic carbocycles. The van der Waals surface area contributed by atoms with Gasteiger partial charge >= 0.3 is 0 Å². The third-order valence-corrected chi connectivity index (χ3v) is 2.74. The molecule has 1 fully saturated rings. The largest absolute Gasteiger partial charge is 0.353 e. The summed E-state index contributed by atoms with van der Waals surface area (Å²) in [6.45, 7) is 8.57. The minimum Gasteiger partial charge on any atom is -0.353 e. The van der Waals surface area contributed by atoms with Crippen molar-refractivity contribution in [3.05, 3.63) is 18.0 Å². The van der Waals surface area contributed by atoms with Crippen molar-refractivity contribution < 1.29 is 9.47 Å². The molecule has 1 aliphatic rings. The Balaban J connectivity index is 0.000000771. The van der Waals surface area contributed by atoms with Crippen molar-refractivity contribution in [3.63, 3.8) is 0 Å². The maximum Gasteiger partial charge on any atom is 0.157 e. The molecule has 0 radical (unpaired) electrons. The molecule has 1 atom stereocenters. The molecule has 0 N–H and O–H groups in total. The maximum atomic E-state index is 5.65. The fourth-order valence-corrected chi connectivity index (χ4v) is 1.87. The van der Waals surface area contributed by atoms with Crippen molar-refractivity contribution in [3.8, 4) is 0 Å². The van der Waals surface area contributed by atoms with Crippen LogP contribution in [0.3, 0.4) is 0 Å². The summed E-state index contributed by atoms with van der Waals surface area (Å²) in [5.41, 5.74) is 1.21. The van der Waals surface area contributed by atoms with Crippen LogP contribution in [0, 0.1) is 6.92 Å². The Labute approximate surface area is 110 Å². The Morgan fingerprint density at radius 2 is 2.28 bits per heavy atom. The minimum absolute atomic E-state index is 0.0353. The van der Waals surface area contributed by atoms with Crippen molar-refractivity contribution in [1.82, 2.24) is 9.78 Å². The zero-order valence-electron chi connectivity index (χ0n) is 11.9. The predicted octanol–water partition coefficient (Wildman–Crippen LogP) is 3.15. The first-order chi connectivity index (χ1) is 8.84. The highest BCUT2D eigenvalue weighted by Crippen LogP contribution is 2.13. The van der Waals surface area contributed by atoms with Crippen LogP contribution in [-0.2, 0) is 16.0 Å². The van der Waals surface area contributed by atoms with Crippen LogP contribution in [-0.4, -0.2) is 29.3 Å². The first kappa shape index (κ1) is 15.2. The molecule has 18 heavy (non-hydrogen) atoms. The number of aryl methyl sites for hydroxylation is 2. The van der Waals surface area contributed by atoms with Crippen LogP contribution in [0.15, 0.2) is 12.4 Å². The molecule has 2 rings (SSSR count). The van der Waals surface area contributed by atoms with E-state index in [9.17, 15) is 0 Å². The number of nitrogens with zero attached hydrogens (tertiary/aromatic N) is 2. The van der Waals surface area contributed by atoms with Gasteiger partial charge in [0.15, 0.2) is 6.29 Å². The van der Waals surface area contributed by atoms with E-state index in [1.54, 1.807) is 0 Å². The van der Waals surface area contributed by atoms with Gasteiger partial charge < -0.3 is 9.47 Å². The van der Waals surface area contributed by atoms with E-state index in [2.05, 4.69) is 18.2 Å². The summed E-state index contributed by atoms with van der Waals surface area (Å²) < 4.78 is 13.1. The minimum atomic E-state index is 0.0353. The number of hydrogen-bond donors (Lipinski definition) is 0. The zero-order chi connectivity index (χ0) is 13.2. The molecule has 104 valence electrons. The fourth-order valence-electron chi connectivity index (χ4n) is 1.87. The Kier molecular flexibility index (Phi) is 7.69. The summed E-state index contributed by atoms with van der Waals surface area (Å²) in [7, 11) is 0. The molecule has 4 nitrogen and oxygen atoms in total. The summed E-state index contributed by atoms with van der Waals surface area (Å²) in [6.07, 6.45) is 8.40. The van der Waals surface area contributed by atoms with Gasteiger partial charge in [0.25, 0.3) is 0 Å². The predicted molar refractivity (Wildman–Crippen MR) is 72.5 cm³/mol. The van der Waals surface area contributed by atoms with Crippen molar-refractivity contribution in [1.29, 1.82) is 0 Å². The molecule has 1 unspecified atom stereocenters. The topological polar surface area (TPSA) is 36.3 Å². The lowest BCUT2D eigenvalue weighted by Gasteiger charge is -2.22. The van der Waals surface area contributed by atoms with Crippen molar-refractivity contribution in [2.45, 2.75) is 59.3 Å². The van der Waals surface area contributed by atoms with Crippen LogP contribution in [0.1, 0.15) is 45.1 Å². The van der Waals surface area contributed by atoms with Gasteiger partial charge in [-0.15, -0.1) is 0 Å². The fraction of sp³-hybridized carbons (Fsp3) is 0.786. The van der Waals surface area contributed by atoms with E-state index < -0.39 is 0 Å². The van der Waals surface area contributed by atoms with Crippen LogP contribution in [0.25, 0.3) is 0 Å². The van der Waals surface area contributed by atoms with Gasteiger partial charge in [0.2, 0.25) is 0 Å². The van der Waals surface area contributed by atoms with Gasteiger partial charge in [-0.1, -0.05) is 13.8 Å². The summed E-state index contributed by atoms with van der Waals surface area (Å²) in [6, 6.07) is 0.